The van der Waals surface area contributed by atoms with Crippen LogP contribution in [0.2, 0.25) is 0 Å². The molecule has 9 heteroatoms. The molecule has 0 aromatic heterocycles. The van der Waals surface area contributed by atoms with Crippen molar-refractivity contribution in [2.24, 2.45) is 5.10 Å². The van der Waals surface area contributed by atoms with Crippen molar-refractivity contribution in [3.8, 4) is 11.5 Å². The van der Waals surface area contributed by atoms with Crippen molar-refractivity contribution in [3.05, 3.63) is 89.7 Å². The first-order valence-electron chi connectivity index (χ1n) is 9.31. The maximum absolute atomic E-state index is 12.9. The first-order valence-corrected chi connectivity index (χ1v) is 9.31. The predicted molar refractivity (Wildman–Crippen MR) is 115 cm³/mol. The molecule has 0 aliphatic heterocycles. The minimum Gasteiger partial charge on any atom is -0.497 e. The lowest BCUT2D eigenvalue weighted by atomic mass is 10.2. The van der Waals surface area contributed by atoms with Gasteiger partial charge in [-0.1, -0.05) is 0 Å². The van der Waals surface area contributed by atoms with Gasteiger partial charge in [-0.2, -0.15) is 5.10 Å². The summed E-state index contributed by atoms with van der Waals surface area (Å²) in [5.41, 5.74) is 3.33. The molecule has 3 aromatic carbocycles. The molecule has 0 heterocycles. The number of hydrogen-bond acceptors (Lipinski definition) is 6. The number of hydrogen-bond donors (Lipinski definition) is 2. The molecule has 0 bridgehead atoms. The van der Waals surface area contributed by atoms with Gasteiger partial charge in [0.05, 0.1) is 18.9 Å². The van der Waals surface area contributed by atoms with Crippen molar-refractivity contribution in [2.75, 3.05) is 12.4 Å². The fraction of sp³-hybridized carbons (Fsp3) is 0.0435. The Morgan fingerprint density at radius 1 is 0.844 bits per heavy atom. The highest BCUT2D eigenvalue weighted by Gasteiger charge is 2.13. The molecule has 0 radical (unpaired) electrons. The Labute approximate surface area is 182 Å². The highest BCUT2D eigenvalue weighted by Crippen LogP contribution is 2.16. The second-order valence-electron chi connectivity index (χ2n) is 6.35. The summed E-state index contributed by atoms with van der Waals surface area (Å²) in [6, 6.07) is 17.8. The topological polar surface area (TPSA) is 106 Å². The van der Waals surface area contributed by atoms with Gasteiger partial charge in [0.25, 0.3) is 0 Å². The number of carbonyl (C=O) groups is 3. The lowest BCUT2D eigenvalue weighted by Crippen LogP contribution is -2.32. The smallest absolute Gasteiger partial charge is 0.343 e. The molecule has 32 heavy (non-hydrogen) atoms. The largest absolute Gasteiger partial charge is 0.497 e. The molecule has 0 atom stereocenters. The van der Waals surface area contributed by atoms with Crippen LogP contribution in [-0.4, -0.2) is 31.1 Å². The van der Waals surface area contributed by atoms with Crippen molar-refractivity contribution < 1.29 is 28.2 Å². The first kappa shape index (κ1) is 22.2. The number of nitrogens with zero attached hydrogens (tertiary/aromatic N) is 1. The number of carbonyl (C=O) groups excluding carboxylic acids is 3. The van der Waals surface area contributed by atoms with Crippen LogP contribution in [0.1, 0.15) is 15.9 Å². The summed E-state index contributed by atoms with van der Waals surface area (Å²) in [5, 5.41) is 6.02. The first-order chi connectivity index (χ1) is 15.4. The van der Waals surface area contributed by atoms with Gasteiger partial charge in [0.1, 0.15) is 17.3 Å². The van der Waals surface area contributed by atoms with Gasteiger partial charge in [0, 0.05) is 5.69 Å². The van der Waals surface area contributed by atoms with E-state index in [1.54, 1.807) is 48.5 Å². The fourth-order valence-electron chi connectivity index (χ4n) is 2.45. The summed E-state index contributed by atoms with van der Waals surface area (Å²) < 4.78 is 23.2. The summed E-state index contributed by atoms with van der Waals surface area (Å²) in [6.45, 7) is 0. The van der Waals surface area contributed by atoms with Gasteiger partial charge in [-0.3, -0.25) is 9.59 Å². The number of anilines is 1. The molecular weight excluding hydrogens is 417 g/mol. The van der Waals surface area contributed by atoms with E-state index in [1.807, 2.05) is 0 Å². The van der Waals surface area contributed by atoms with Gasteiger partial charge in [0.2, 0.25) is 0 Å². The van der Waals surface area contributed by atoms with E-state index in [0.717, 1.165) is 12.1 Å². The summed E-state index contributed by atoms with van der Waals surface area (Å²) in [4.78, 5) is 35.7. The molecule has 0 aliphatic rings. The molecule has 0 saturated heterocycles. The molecule has 0 aliphatic carbocycles. The third kappa shape index (κ3) is 6.23. The molecule has 0 fully saturated rings. The van der Waals surface area contributed by atoms with Crippen molar-refractivity contribution >= 4 is 29.7 Å². The Morgan fingerprint density at radius 3 is 2.09 bits per heavy atom. The van der Waals surface area contributed by atoms with Crippen molar-refractivity contribution in [1.82, 2.24) is 5.43 Å². The van der Waals surface area contributed by atoms with Gasteiger partial charge in [-0.15, -0.1) is 0 Å². The normalized spacial score (nSPS) is 10.4. The second kappa shape index (κ2) is 10.5. The van der Waals surface area contributed by atoms with Crippen LogP contribution in [0.15, 0.2) is 77.9 Å². The summed E-state index contributed by atoms with van der Waals surface area (Å²) in [5.74, 6) is -1.96. The standard InChI is InChI=1S/C23H18FN3O5/c1-31-19-12-4-16(5-13-19)23(30)32-20-10-2-15(3-11-20)14-25-27-22(29)21(28)26-18-8-6-17(24)7-9-18/h2-14H,1H3,(H,26,28)(H,27,29)/b25-14+. The Hall–Kier alpha value is -4.53. The average Bonchev–Trinajstić information content (AvgIpc) is 2.81. The molecular formula is C23H18FN3O5. The number of nitrogens with one attached hydrogen (secondary N) is 2. The number of hydrazone groups is 1. The van der Waals surface area contributed by atoms with E-state index in [-0.39, 0.29) is 5.69 Å². The third-order valence-corrected chi connectivity index (χ3v) is 4.10. The lowest BCUT2D eigenvalue weighted by molar-refractivity contribution is -0.136. The molecule has 2 amide bonds. The van der Waals surface area contributed by atoms with Crippen LogP contribution in [0.3, 0.4) is 0 Å². The van der Waals surface area contributed by atoms with E-state index in [2.05, 4.69) is 15.8 Å². The van der Waals surface area contributed by atoms with E-state index in [1.165, 1.54) is 25.5 Å². The Morgan fingerprint density at radius 2 is 1.47 bits per heavy atom. The lowest BCUT2D eigenvalue weighted by Gasteiger charge is -2.05. The molecule has 162 valence electrons. The Bertz CT molecular complexity index is 1130. The minimum atomic E-state index is -0.990. The van der Waals surface area contributed by atoms with E-state index in [0.29, 0.717) is 22.6 Å². The van der Waals surface area contributed by atoms with Crippen LogP contribution in [0.4, 0.5) is 10.1 Å². The molecule has 0 saturated carbocycles. The van der Waals surface area contributed by atoms with Gasteiger partial charge in [-0.25, -0.2) is 14.6 Å². The fourth-order valence-corrected chi connectivity index (χ4v) is 2.45. The van der Waals surface area contributed by atoms with Crippen LogP contribution >= 0.6 is 0 Å². The van der Waals surface area contributed by atoms with Crippen LogP contribution in [0.5, 0.6) is 11.5 Å². The van der Waals surface area contributed by atoms with Crippen molar-refractivity contribution in [1.29, 1.82) is 0 Å². The summed E-state index contributed by atoms with van der Waals surface area (Å²) in [7, 11) is 1.53. The number of esters is 1. The van der Waals surface area contributed by atoms with E-state index < -0.39 is 23.6 Å². The molecule has 0 unspecified atom stereocenters. The highest BCUT2D eigenvalue weighted by atomic mass is 19.1. The zero-order chi connectivity index (χ0) is 22.9. The van der Waals surface area contributed by atoms with Crippen LogP contribution in [0, 0.1) is 5.82 Å². The average molecular weight is 435 g/mol. The van der Waals surface area contributed by atoms with Crippen molar-refractivity contribution in [3.63, 3.8) is 0 Å². The highest BCUT2D eigenvalue weighted by molar-refractivity contribution is 6.39. The van der Waals surface area contributed by atoms with Crippen LogP contribution in [0.25, 0.3) is 0 Å². The van der Waals surface area contributed by atoms with Gasteiger partial charge >= 0.3 is 17.8 Å². The quantitative estimate of drug-likeness (QED) is 0.203. The number of rotatable bonds is 6. The molecule has 0 spiro atoms. The van der Waals surface area contributed by atoms with Gasteiger partial charge in [-0.05, 0) is 78.4 Å². The van der Waals surface area contributed by atoms with E-state index in [4.69, 9.17) is 9.47 Å². The molecule has 3 rings (SSSR count). The molecule has 8 nitrogen and oxygen atoms in total. The summed E-state index contributed by atoms with van der Waals surface area (Å²) in [6.07, 6.45) is 1.32. The Kier molecular flexibility index (Phi) is 7.26. The maximum Gasteiger partial charge on any atom is 0.343 e. The van der Waals surface area contributed by atoms with E-state index in [9.17, 15) is 18.8 Å². The second-order valence-corrected chi connectivity index (χ2v) is 6.35. The third-order valence-electron chi connectivity index (χ3n) is 4.10. The summed E-state index contributed by atoms with van der Waals surface area (Å²) >= 11 is 0. The monoisotopic (exact) mass is 435 g/mol. The minimum absolute atomic E-state index is 0.273. The number of methoxy groups -OCH3 is 1. The van der Waals surface area contributed by atoms with Crippen LogP contribution in [-0.2, 0) is 9.59 Å². The SMILES string of the molecule is COc1ccc(C(=O)Oc2ccc(/C=N/NC(=O)C(=O)Nc3ccc(F)cc3)cc2)cc1. The van der Waals surface area contributed by atoms with Gasteiger partial charge < -0.3 is 14.8 Å². The molecule has 3 aromatic rings. The number of ether oxygens (including phenoxy) is 2. The van der Waals surface area contributed by atoms with Gasteiger partial charge in [0.15, 0.2) is 0 Å². The zero-order valence-electron chi connectivity index (χ0n) is 16.9. The number of benzene rings is 3. The molecule has 2 N–H and O–H groups in total. The Balaban J connectivity index is 1.49. The number of halogens is 1. The van der Waals surface area contributed by atoms with E-state index >= 15 is 0 Å². The zero-order valence-corrected chi connectivity index (χ0v) is 16.9. The number of amides is 2. The predicted octanol–water partition coefficient (Wildman–Crippen LogP) is 3.14. The van der Waals surface area contributed by atoms with Crippen LogP contribution < -0.4 is 20.2 Å². The van der Waals surface area contributed by atoms with Crippen molar-refractivity contribution in [2.45, 2.75) is 0 Å². The maximum atomic E-state index is 12.9.